The molecule has 2 aromatic carbocycles. The van der Waals surface area contributed by atoms with Gasteiger partial charge in [0, 0.05) is 5.56 Å². The van der Waals surface area contributed by atoms with Crippen LogP contribution in [0.25, 0.3) is 11.4 Å². The number of nitrogens with zero attached hydrogens (tertiary/aromatic N) is 2. The van der Waals surface area contributed by atoms with Crippen LogP contribution in [-0.4, -0.2) is 10.1 Å². The molecule has 0 spiro atoms. The van der Waals surface area contributed by atoms with Crippen molar-refractivity contribution >= 4 is 23.2 Å². The van der Waals surface area contributed by atoms with E-state index in [1.54, 1.807) is 18.2 Å². The number of aromatic nitrogens is 2. The average molecular weight is 320 g/mol. The van der Waals surface area contributed by atoms with Crippen molar-refractivity contribution in [1.29, 1.82) is 0 Å². The highest BCUT2D eigenvalue weighted by atomic mass is 35.5. The molecule has 106 valence electrons. The van der Waals surface area contributed by atoms with Gasteiger partial charge in [0.25, 0.3) is 0 Å². The number of nitrogens with two attached hydrogens (primary N) is 1. The Morgan fingerprint density at radius 2 is 1.76 bits per heavy atom. The van der Waals surface area contributed by atoms with Gasteiger partial charge >= 0.3 is 0 Å². The minimum absolute atomic E-state index is 0.349. The zero-order valence-electron chi connectivity index (χ0n) is 10.8. The summed E-state index contributed by atoms with van der Waals surface area (Å²) in [5, 5.41) is 4.85. The van der Waals surface area contributed by atoms with Crippen LogP contribution in [0.4, 0.5) is 0 Å². The number of rotatable bonds is 3. The predicted molar refractivity (Wildman–Crippen MR) is 82.2 cm³/mol. The first-order valence-corrected chi connectivity index (χ1v) is 7.00. The van der Waals surface area contributed by atoms with Gasteiger partial charge in [-0.05, 0) is 23.8 Å². The van der Waals surface area contributed by atoms with E-state index in [-0.39, 0.29) is 0 Å². The third-order valence-corrected chi connectivity index (χ3v) is 3.78. The van der Waals surface area contributed by atoms with E-state index in [1.165, 1.54) is 0 Å². The molecular weight excluding hydrogens is 309 g/mol. The fraction of sp³-hybridized carbons (Fsp3) is 0.0667. The first kappa shape index (κ1) is 14.1. The summed E-state index contributed by atoms with van der Waals surface area (Å²) in [4.78, 5) is 4.32. The van der Waals surface area contributed by atoms with Gasteiger partial charge < -0.3 is 10.3 Å². The van der Waals surface area contributed by atoms with E-state index in [0.29, 0.717) is 21.8 Å². The van der Waals surface area contributed by atoms with Crippen molar-refractivity contribution in [2.75, 3.05) is 0 Å². The Kier molecular flexibility index (Phi) is 3.92. The summed E-state index contributed by atoms with van der Waals surface area (Å²) in [6.07, 6.45) is 0. The predicted octanol–water partition coefficient (Wildman–Crippen LogP) is 4.09. The third kappa shape index (κ3) is 2.93. The summed E-state index contributed by atoms with van der Waals surface area (Å²) >= 11 is 11.9. The summed E-state index contributed by atoms with van der Waals surface area (Å²) < 4.78 is 5.24. The van der Waals surface area contributed by atoms with Crippen LogP contribution in [0.3, 0.4) is 0 Å². The molecule has 1 heterocycles. The van der Waals surface area contributed by atoms with Gasteiger partial charge in [0.15, 0.2) is 0 Å². The van der Waals surface area contributed by atoms with E-state index in [0.717, 1.165) is 11.1 Å². The molecule has 4 nitrogen and oxygen atoms in total. The molecule has 0 fully saturated rings. The van der Waals surface area contributed by atoms with Crippen LogP contribution in [0.1, 0.15) is 17.5 Å². The van der Waals surface area contributed by atoms with Crippen molar-refractivity contribution in [3.63, 3.8) is 0 Å². The molecule has 0 unspecified atom stereocenters. The Morgan fingerprint density at radius 3 is 2.48 bits per heavy atom. The molecule has 0 bridgehead atoms. The van der Waals surface area contributed by atoms with Crippen molar-refractivity contribution in [2.45, 2.75) is 6.04 Å². The summed E-state index contributed by atoms with van der Waals surface area (Å²) in [5.41, 5.74) is 7.74. The normalized spacial score (nSPS) is 12.3. The fourth-order valence-corrected chi connectivity index (χ4v) is 2.22. The zero-order chi connectivity index (χ0) is 14.8. The summed E-state index contributed by atoms with van der Waals surface area (Å²) in [6.45, 7) is 0. The summed E-state index contributed by atoms with van der Waals surface area (Å²) in [7, 11) is 0. The highest BCUT2D eigenvalue weighted by Crippen LogP contribution is 2.28. The molecule has 0 aliphatic heterocycles. The highest BCUT2D eigenvalue weighted by Gasteiger charge is 2.17. The Morgan fingerprint density at radius 1 is 1.00 bits per heavy atom. The molecule has 0 amide bonds. The van der Waals surface area contributed by atoms with Crippen LogP contribution in [-0.2, 0) is 0 Å². The molecule has 1 atom stereocenters. The summed E-state index contributed by atoms with van der Waals surface area (Å²) in [5.74, 6) is 0.775. The maximum absolute atomic E-state index is 6.12. The van der Waals surface area contributed by atoms with Crippen LogP contribution in [0, 0.1) is 0 Å². The van der Waals surface area contributed by atoms with E-state index in [4.69, 9.17) is 33.5 Å². The van der Waals surface area contributed by atoms with E-state index < -0.39 is 6.04 Å². The van der Waals surface area contributed by atoms with E-state index in [1.807, 2.05) is 30.3 Å². The molecule has 21 heavy (non-hydrogen) atoms. The van der Waals surface area contributed by atoms with Crippen LogP contribution in [0.2, 0.25) is 10.0 Å². The molecule has 0 aliphatic carbocycles. The number of hydrogen-bond acceptors (Lipinski definition) is 4. The summed E-state index contributed by atoms with van der Waals surface area (Å²) in [6, 6.07) is 14.2. The molecule has 0 saturated heterocycles. The SMILES string of the molecule is N[C@H](c1ccccc1)c1nc(-c2ccc(Cl)c(Cl)c2)no1. The second-order valence-electron chi connectivity index (χ2n) is 4.47. The molecule has 0 saturated carbocycles. The van der Waals surface area contributed by atoms with Crippen molar-refractivity contribution in [2.24, 2.45) is 5.73 Å². The molecule has 1 aromatic heterocycles. The largest absolute Gasteiger partial charge is 0.337 e. The minimum Gasteiger partial charge on any atom is -0.337 e. The second kappa shape index (κ2) is 5.85. The van der Waals surface area contributed by atoms with Crippen molar-refractivity contribution in [3.8, 4) is 11.4 Å². The zero-order valence-corrected chi connectivity index (χ0v) is 12.3. The van der Waals surface area contributed by atoms with Crippen molar-refractivity contribution in [1.82, 2.24) is 10.1 Å². The monoisotopic (exact) mass is 319 g/mol. The van der Waals surface area contributed by atoms with Gasteiger partial charge in [0.1, 0.15) is 6.04 Å². The fourth-order valence-electron chi connectivity index (χ4n) is 1.92. The van der Waals surface area contributed by atoms with Gasteiger partial charge in [-0.2, -0.15) is 4.98 Å². The third-order valence-electron chi connectivity index (χ3n) is 3.04. The molecular formula is C15H11Cl2N3O. The molecule has 0 aliphatic rings. The number of halogens is 2. The van der Waals surface area contributed by atoms with Gasteiger partial charge in [-0.15, -0.1) is 0 Å². The van der Waals surface area contributed by atoms with Gasteiger partial charge in [0.05, 0.1) is 10.0 Å². The lowest BCUT2D eigenvalue weighted by molar-refractivity contribution is 0.367. The topological polar surface area (TPSA) is 64.9 Å². The van der Waals surface area contributed by atoms with E-state index in [2.05, 4.69) is 10.1 Å². The van der Waals surface area contributed by atoms with Crippen LogP contribution in [0.15, 0.2) is 53.1 Å². The van der Waals surface area contributed by atoms with Gasteiger partial charge in [-0.3, -0.25) is 0 Å². The standard InChI is InChI=1S/C15H11Cl2N3O/c16-11-7-6-10(8-12(11)17)14-19-15(21-20-14)13(18)9-4-2-1-3-5-9/h1-8,13H,18H2/t13-/m1/s1. The first-order chi connectivity index (χ1) is 10.1. The average Bonchev–Trinajstić information content (AvgIpc) is 3.00. The Bertz CT molecular complexity index is 759. The Hall–Kier alpha value is -1.88. The Labute approximate surface area is 131 Å². The van der Waals surface area contributed by atoms with Crippen LogP contribution >= 0.6 is 23.2 Å². The van der Waals surface area contributed by atoms with E-state index in [9.17, 15) is 0 Å². The molecule has 0 radical (unpaired) electrons. The second-order valence-corrected chi connectivity index (χ2v) is 5.29. The molecule has 6 heteroatoms. The maximum atomic E-state index is 6.12. The lowest BCUT2D eigenvalue weighted by atomic mass is 10.1. The van der Waals surface area contributed by atoms with Crippen molar-refractivity contribution in [3.05, 3.63) is 70.0 Å². The van der Waals surface area contributed by atoms with Gasteiger partial charge in [-0.1, -0.05) is 58.7 Å². The molecule has 3 aromatic rings. The lowest BCUT2D eigenvalue weighted by Gasteiger charge is -2.05. The van der Waals surface area contributed by atoms with Crippen LogP contribution < -0.4 is 5.73 Å². The minimum atomic E-state index is -0.463. The quantitative estimate of drug-likeness (QED) is 0.789. The number of benzene rings is 2. The number of hydrogen-bond donors (Lipinski definition) is 1. The molecule has 2 N–H and O–H groups in total. The lowest BCUT2D eigenvalue weighted by Crippen LogP contribution is -2.11. The van der Waals surface area contributed by atoms with E-state index >= 15 is 0 Å². The van der Waals surface area contributed by atoms with Crippen LogP contribution in [0.5, 0.6) is 0 Å². The van der Waals surface area contributed by atoms with Crippen molar-refractivity contribution < 1.29 is 4.52 Å². The highest BCUT2D eigenvalue weighted by molar-refractivity contribution is 6.42. The van der Waals surface area contributed by atoms with Gasteiger partial charge in [-0.25, -0.2) is 0 Å². The smallest absolute Gasteiger partial charge is 0.248 e. The Balaban J connectivity index is 1.91. The molecule has 3 rings (SSSR count). The first-order valence-electron chi connectivity index (χ1n) is 6.24. The van der Waals surface area contributed by atoms with Gasteiger partial charge in [0.2, 0.25) is 11.7 Å². The maximum Gasteiger partial charge on any atom is 0.248 e.